The number of hydrogen-bond acceptors (Lipinski definition) is 0. The Morgan fingerprint density at radius 2 is 0.667 bits per heavy atom. The summed E-state index contributed by atoms with van der Waals surface area (Å²) >= 11 is -1.75. The minimum absolute atomic E-state index is 0.0465. The predicted octanol–water partition coefficient (Wildman–Crippen LogP) is 15.9. The molecular weight excluding hydrogens is 786 g/mol. The fraction of sp³-hybridized carbons (Fsp3) is 0.804. The Labute approximate surface area is 331 Å². The molecule has 1 aromatic carbocycles. The van der Waals surface area contributed by atoms with Crippen LogP contribution in [0.3, 0.4) is 0 Å². The van der Waals surface area contributed by atoms with E-state index in [9.17, 15) is 0 Å². The van der Waals surface area contributed by atoms with Crippen molar-refractivity contribution in [2.45, 2.75) is 234 Å². The summed E-state index contributed by atoms with van der Waals surface area (Å²) in [7, 11) is 11.9. The predicted molar refractivity (Wildman–Crippen MR) is 234 cm³/mol. The van der Waals surface area contributed by atoms with E-state index in [1.54, 1.807) is 193 Å². The summed E-state index contributed by atoms with van der Waals surface area (Å²) in [5.41, 5.74) is 11.1. The molecule has 0 atom stereocenters. The Kier molecular flexibility index (Phi) is 18.4. The molecule has 0 saturated heterocycles. The molecule has 5 heteroatoms. The van der Waals surface area contributed by atoms with Crippen molar-refractivity contribution in [3.05, 3.63) is 41.5 Å². The third-order valence-electron chi connectivity index (χ3n) is 14.5. The summed E-state index contributed by atoms with van der Waals surface area (Å²) in [5, 5.41) is 0. The minimum atomic E-state index is -1.75. The van der Waals surface area contributed by atoms with E-state index in [1.165, 1.54) is 50.7 Å². The molecule has 0 nitrogen and oxygen atoms in total. The van der Waals surface area contributed by atoms with Gasteiger partial charge in [-0.25, -0.2) is 0 Å². The zero-order valence-electron chi connectivity index (χ0n) is 32.7. The van der Waals surface area contributed by atoms with Crippen molar-refractivity contribution < 1.29 is 13.5 Å². The SMILES string of the molecule is C1CCC([PH+](C2CCCCC2)C2CCCCC2)CC1.C1CCC([PH+](C2CCCCC2)C2CCCCC2)CC1.CC1=C[C](=[Ru]([Cl])[Cl])c2ccccc21. The van der Waals surface area contributed by atoms with Crippen LogP contribution in [-0.2, 0) is 13.5 Å². The van der Waals surface area contributed by atoms with Gasteiger partial charge in [0, 0.05) is 15.8 Å². The molecule has 1 aromatic rings. The maximum atomic E-state index is 6.00. The number of halogens is 2. The van der Waals surface area contributed by atoms with Gasteiger partial charge < -0.3 is 0 Å². The molecule has 0 aliphatic heterocycles. The third-order valence-corrected chi connectivity index (χ3v) is 26.8. The molecular formula is C46H76Cl2P2Ru+2. The van der Waals surface area contributed by atoms with Gasteiger partial charge in [0.25, 0.3) is 0 Å². The number of benzene rings is 1. The maximum absolute atomic E-state index is 6.00. The van der Waals surface area contributed by atoms with Crippen LogP contribution in [0.1, 0.15) is 211 Å². The van der Waals surface area contributed by atoms with Crippen LogP contribution < -0.4 is 0 Å². The van der Waals surface area contributed by atoms with E-state index >= 15 is 0 Å². The first-order chi connectivity index (χ1) is 25.1. The molecule has 290 valence electrons. The molecule has 6 saturated carbocycles. The summed E-state index contributed by atoms with van der Waals surface area (Å²) in [5.74, 6) is 0. The van der Waals surface area contributed by atoms with Crippen molar-refractivity contribution in [3.8, 4) is 0 Å². The van der Waals surface area contributed by atoms with E-state index in [2.05, 4.69) is 25.1 Å². The summed E-state index contributed by atoms with van der Waals surface area (Å²) in [4.78, 5) is 0. The van der Waals surface area contributed by atoms with Crippen molar-refractivity contribution in [2.24, 2.45) is 0 Å². The molecule has 0 spiro atoms. The van der Waals surface area contributed by atoms with Gasteiger partial charge in [0.2, 0.25) is 0 Å². The molecule has 0 heterocycles. The van der Waals surface area contributed by atoms with Crippen LogP contribution in [-0.4, -0.2) is 38.1 Å². The van der Waals surface area contributed by atoms with Crippen LogP contribution in [0.5, 0.6) is 0 Å². The second kappa shape index (κ2) is 22.6. The van der Waals surface area contributed by atoms with Gasteiger partial charge in [-0.2, -0.15) is 0 Å². The molecule has 7 aliphatic rings. The summed E-state index contributed by atoms with van der Waals surface area (Å²) in [6.07, 6.45) is 49.7. The van der Waals surface area contributed by atoms with Crippen LogP contribution in [0.15, 0.2) is 30.3 Å². The molecule has 0 aromatic heterocycles. The Bertz CT molecular complexity index is 1070. The third kappa shape index (κ3) is 12.2. The summed E-state index contributed by atoms with van der Waals surface area (Å²) in [6.45, 7) is 2.09. The molecule has 0 unspecified atom stereocenters. The first-order valence-corrected chi connectivity index (χ1v) is 31.3. The standard InChI is InChI=1S/2C18H33P.C10H8.2ClH.Ru/c2*1-4-10-16(11-5-1)19(17-12-6-2-7-13-17)18-14-8-3-9-15-18;1-8-6-7-9-4-2-3-5-10(8)9;;;/h2*16-18H,1-15H2;2-6H,1H3;2*1H;/q;;;;;+2. The van der Waals surface area contributed by atoms with E-state index in [1.807, 2.05) is 12.1 Å². The van der Waals surface area contributed by atoms with Gasteiger partial charge in [0.05, 0.1) is 34.0 Å². The zero-order chi connectivity index (χ0) is 35.3. The van der Waals surface area contributed by atoms with Gasteiger partial charge in [0.1, 0.15) is 0 Å². The fourth-order valence-corrected chi connectivity index (χ4v) is 25.2. The average Bonchev–Trinajstić information content (AvgIpc) is 3.55. The van der Waals surface area contributed by atoms with E-state index in [0.29, 0.717) is 0 Å². The Morgan fingerprint density at radius 1 is 0.412 bits per heavy atom. The molecule has 6 fully saturated rings. The molecule has 51 heavy (non-hydrogen) atoms. The molecule has 0 bridgehead atoms. The Hall–Kier alpha value is 0.893. The van der Waals surface area contributed by atoms with Crippen molar-refractivity contribution >= 4 is 44.9 Å². The second-order valence-corrected chi connectivity index (χ2v) is 30.6. The fourth-order valence-electron chi connectivity index (χ4n) is 12.1. The van der Waals surface area contributed by atoms with Crippen LogP contribution in [0.2, 0.25) is 0 Å². The molecule has 0 N–H and O–H groups in total. The van der Waals surface area contributed by atoms with E-state index in [0.717, 1.165) is 4.11 Å². The van der Waals surface area contributed by atoms with E-state index in [4.69, 9.17) is 19.4 Å². The second-order valence-electron chi connectivity index (χ2n) is 17.9. The van der Waals surface area contributed by atoms with Gasteiger partial charge in [-0.05, 0) is 154 Å². The Morgan fingerprint density at radius 3 is 0.922 bits per heavy atom. The van der Waals surface area contributed by atoms with Crippen LogP contribution in [0.25, 0.3) is 5.57 Å². The number of rotatable bonds is 6. The van der Waals surface area contributed by atoms with Crippen LogP contribution in [0.4, 0.5) is 0 Å². The number of hydrogen-bond donors (Lipinski definition) is 0. The summed E-state index contributed by atoms with van der Waals surface area (Å²) in [6, 6.07) is 8.26. The van der Waals surface area contributed by atoms with Crippen LogP contribution >= 0.6 is 35.2 Å². The van der Waals surface area contributed by atoms with Crippen molar-refractivity contribution in [1.82, 2.24) is 0 Å². The van der Waals surface area contributed by atoms with E-state index in [-0.39, 0.29) is 15.8 Å². The van der Waals surface area contributed by atoms with Gasteiger partial charge in [-0.1, -0.05) is 38.5 Å². The Balaban J connectivity index is 0.000000134. The monoisotopic (exact) mass is 862 g/mol. The topological polar surface area (TPSA) is 0 Å². The van der Waals surface area contributed by atoms with E-state index < -0.39 is 13.5 Å². The van der Waals surface area contributed by atoms with Crippen molar-refractivity contribution in [1.29, 1.82) is 0 Å². The molecule has 8 rings (SSSR count). The number of fused-ring (bicyclic) bond motifs is 1. The molecule has 0 radical (unpaired) electrons. The number of allylic oxidation sites excluding steroid dienone is 2. The first-order valence-electron chi connectivity index (χ1n) is 22.5. The molecule has 7 aliphatic carbocycles. The first kappa shape index (κ1) is 41.5. The van der Waals surface area contributed by atoms with Gasteiger partial charge in [0.15, 0.2) is 0 Å². The van der Waals surface area contributed by atoms with Crippen LogP contribution in [0, 0.1) is 0 Å². The van der Waals surface area contributed by atoms with Crippen molar-refractivity contribution in [3.63, 3.8) is 0 Å². The normalized spacial score (nSPS) is 25.5. The average molecular weight is 863 g/mol. The van der Waals surface area contributed by atoms with Gasteiger partial charge in [-0.15, -0.1) is 0 Å². The van der Waals surface area contributed by atoms with Gasteiger partial charge >= 0.3 is 91.0 Å². The summed E-state index contributed by atoms with van der Waals surface area (Å²) < 4.78 is 1.15. The zero-order valence-corrected chi connectivity index (χ0v) is 37.9. The quantitative estimate of drug-likeness (QED) is 0.197. The van der Waals surface area contributed by atoms with Crippen molar-refractivity contribution in [2.75, 3.05) is 0 Å². The molecule has 0 amide bonds. The van der Waals surface area contributed by atoms with Gasteiger partial charge in [-0.3, -0.25) is 0 Å².